The van der Waals surface area contributed by atoms with Crippen molar-refractivity contribution in [2.45, 2.75) is 25.7 Å². The van der Waals surface area contributed by atoms with Crippen molar-refractivity contribution < 1.29 is 9.59 Å². The van der Waals surface area contributed by atoms with E-state index in [2.05, 4.69) is 11.4 Å². The van der Waals surface area contributed by atoms with Gasteiger partial charge in [-0.2, -0.15) is 5.26 Å². The first-order chi connectivity index (χ1) is 14.8. The molecule has 3 aromatic rings. The molecule has 0 fully saturated rings. The third-order valence-electron chi connectivity index (χ3n) is 5.23. The zero-order chi connectivity index (χ0) is 22.5. The minimum absolute atomic E-state index is 0.0395. The van der Waals surface area contributed by atoms with Gasteiger partial charge in [-0.1, -0.05) is 60.5 Å². The van der Waals surface area contributed by atoms with E-state index in [1.165, 1.54) is 0 Å². The van der Waals surface area contributed by atoms with Crippen LogP contribution in [0.4, 0.5) is 0 Å². The van der Waals surface area contributed by atoms with Crippen LogP contribution in [0.1, 0.15) is 46.3 Å². The van der Waals surface area contributed by atoms with Crippen LogP contribution in [0.3, 0.4) is 0 Å². The normalized spacial score (nSPS) is 11.7. The van der Waals surface area contributed by atoms with E-state index >= 15 is 0 Å². The fourth-order valence-electron chi connectivity index (χ4n) is 3.74. The smallest absolute Gasteiger partial charge is 0.252 e. The lowest BCUT2D eigenvalue weighted by Crippen LogP contribution is -2.31. The van der Waals surface area contributed by atoms with Crippen LogP contribution in [0.5, 0.6) is 0 Å². The predicted octanol–water partition coefficient (Wildman–Crippen LogP) is 4.97. The molecule has 0 aliphatic carbocycles. The van der Waals surface area contributed by atoms with Crippen LogP contribution in [0.15, 0.2) is 48.5 Å². The van der Waals surface area contributed by atoms with Crippen molar-refractivity contribution in [1.29, 1.82) is 5.26 Å². The second-order valence-corrected chi connectivity index (χ2v) is 8.03. The number of nitrogens with zero attached hydrogens (tertiary/aromatic N) is 1. The standard InChI is InChI=1S/C24H21Cl2N3O2/c1-2-18-16(12-27)9-15-5-3-4-6-19(15)23(18)24(31)29-13-17(11-22(28)30)14-7-8-20(25)21(26)10-14/h3-10,17H,2,11,13H2,1H3,(H2,28,30)(H,29,31)/t17-/m1/s1. The average Bonchev–Trinajstić information content (AvgIpc) is 2.76. The monoisotopic (exact) mass is 453 g/mol. The number of carbonyl (C=O) groups excluding carboxylic acids is 2. The van der Waals surface area contributed by atoms with Crippen molar-refractivity contribution >= 4 is 45.8 Å². The Labute approximate surface area is 190 Å². The van der Waals surface area contributed by atoms with Gasteiger partial charge in [-0.3, -0.25) is 9.59 Å². The van der Waals surface area contributed by atoms with Gasteiger partial charge in [0.1, 0.15) is 0 Å². The van der Waals surface area contributed by atoms with Gasteiger partial charge in [0, 0.05) is 18.9 Å². The van der Waals surface area contributed by atoms with Crippen molar-refractivity contribution in [3.63, 3.8) is 0 Å². The lowest BCUT2D eigenvalue weighted by molar-refractivity contribution is -0.118. The number of fused-ring (bicyclic) bond motifs is 1. The molecule has 0 aliphatic heterocycles. The Kier molecular flexibility index (Phi) is 7.17. The second-order valence-electron chi connectivity index (χ2n) is 7.22. The highest BCUT2D eigenvalue weighted by Crippen LogP contribution is 2.29. The Morgan fingerprint density at radius 2 is 1.87 bits per heavy atom. The summed E-state index contributed by atoms with van der Waals surface area (Å²) in [7, 11) is 0. The molecule has 5 nitrogen and oxygen atoms in total. The van der Waals surface area contributed by atoms with Crippen LogP contribution in [0, 0.1) is 11.3 Å². The van der Waals surface area contributed by atoms with E-state index in [-0.39, 0.29) is 24.8 Å². The van der Waals surface area contributed by atoms with E-state index in [9.17, 15) is 14.9 Å². The zero-order valence-electron chi connectivity index (χ0n) is 16.9. The third kappa shape index (κ3) is 4.99. The van der Waals surface area contributed by atoms with Crippen LogP contribution >= 0.6 is 23.2 Å². The van der Waals surface area contributed by atoms with Crippen LogP contribution in [0.25, 0.3) is 10.8 Å². The Hall–Kier alpha value is -3.07. The van der Waals surface area contributed by atoms with E-state index < -0.39 is 5.91 Å². The fraction of sp³-hybridized carbons (Fsp3) is 0.208. The summed E-state index contributed by atoms with van der Waals surface area (Å²) < 4.78 is 0. The van der Waals surface area contributed by atoms with E-state index in [0.717, 1.165) is 16.3 Å². The fourth-order valence-corrected chi connectivity index (χ4v) is 4.04. The maximum Gasteiger partial charge on any atom is 0.252 e. The minimum atomic E-state index is -0.489. The second kappa shape index (κ2) is 9.82. The summed E-state index contributed by atoms with van der Waals surface area (Å²) in [6.45, 7) is 2.08. The van der Waals surface area contributed by atoms with E-state index in [4.69, 9.17) is 28.9 Å². The summed E-state index contributed by atoms with van der Waals surface area (Å²) in [6, 6.07) is 16.5. The first-order valence-electron chi connectivity index (χ1n) is 9.81. The van der Waals surface area contributed by atoms with Crippen molar-refractivity contribution in [3.05, 3.63) is 80.8 Å². The third-order valence-corrected chi connectivity index (χ3v) is 5.97. The molecule has 158 valence electrons. The molecule has 2 amide bonds. The number of nitrogens with two attached hydrogens (primary N) is 1. The summed E-state index contributed by atoms with van der Waals surface area (Å²) in [4.78, 5) is 24.9. The highest BCUT2D eigenvalue weighted by molar-refractivity contribution is 6.42. The van der Waals surface area contributed by atoms with Crippen molar-refractivity contribution in [2.75, 3.05) is 6.54 Å². The first-order valence-corrected chi connectivity index (χ1v) is 10.6. The number of benzene rings is 3. The summed E-state index contributed by atoms with van der Waals surface area (Å²) in [5.74, 6) is -1.16. The molecule has 0 aliphatic rings. The maximum atomic E-state index is 13.3. The molecular formula is C24H21Cl2N3O2. The Morgan fingerprint density at radius 1 is 1.13 bits per heavy atom. The number of carbonyl (C=O) groups is 2. The SMILES string of the molecule is CCc1c(C#N)cc2ccccc2c1C(=O)NC[C@@H](CC(N)=O)c1ccc(Cl)c(Cl)c1. The summed E-state index contributed by atoms with van der Waals surface area (Å²) in [5, 5.41) is 14.9. The van der Waals surface area contributed by atoms with Gasteiger partial charge in [-0.25, -0.2) is 0 Å². The van der Waals surface area contributed by atoms with Gasteiger partial charge in [0.25, 0.3) is 5.91 Å². The average molecular weight is 454 g/mol. The lowest BCUT2D eigenvalue weighted by Gasteiger charge is -2.19. The molecule has 1 atom stereocenters. The molecule has 0 bridgehead atoms. The molecule has 0 saturated carbocycles. The molecular weight excluding hydrogens is 433 g/mol. The van der Waals surface area contributed by atoms with Gasteiger partial charge < -0.3 is 11.1 Å². The quantitative estimate of drug-likeness (QED) is 0.528. The van der Waals surface area contributed by atoms with Gasteiger partial charge in [-0.05, 0) is 46.5 Å². The number of rotatable bonds is 7. The van der Waals surface area contributed by atoms with Crippen LogP contribution in [-0.4, -0.2) is 18.4 Å². The van der Waals surface area contributed by atoms with Gasteiger partial charge in [-0.15, -0.1) is 0 Å². The summed E-state index contributed by atoms with van der Waals surface area (Å²) >= 11 is 12.1. The molecule has 7 heteroatoms. The van der Waals surface area contributed by atoms with E-state index in [1.54, 1.807) is 24.3 Å². The van der Waals surface area contributed by atoms with Crippen LogP contribution in [0.2, 0.25) is 10.0 Å². The predicted molar refractivity (Wildman–Crippen MR) is 123 cm³/mol. The summed E-state index contributed by atoms with van der Waals surface area (Å²) in [5.41, 5.74) is 7.82. The van der Waals surface area contributed by atoms with Gasteiger partial charge in [0.05, 0.1) is 27.2 Å². The van der Waals surface area contributed by atoms with Crippen LogP contribution < -0.4 is 11.1 Å². The number of primary amides is 1. The Bertz CT molecular complexity index is 1200. The van der Waals surface area contributed by atoms with E-state index in [0.29, 0.717) is 33.2 Å². The number of nitriles is 1. The highest BCUT2D eigenvalue weighted by Gasteiger charge is 2.21. The number of amides is 2. The topological polar surface area (TPSA) is 96.0 Å². The first kappa shape index (κ1) is 22.6. The number of hydrogen-bond acceptors (Lipinski definition) is 3. The number of hydrogen-bond donors (Lipinski definition) is 2. The minimum Gasteiger partial charge on any atom is -0.370 e. The molecule has 0 unspecified atom stereocenters. The van der Waals surface area contributed by atoms with Crippen molar-refractivity contribution in [1.82, 2.24) is 5.32 Å². The molecule has 0 heterocycles. The van der Waals surface area contributed by atoms with Crippen molar-refractivity contribution in [2.24, 2.45) is 5.73 Å². The molecule has 0 aromatic heterocycles. The van der Waals surface area contributed by atoms with Crippen LogP contribution in [-0.2, 0) is 11.2 Å². The van der Waals surface area contributed by atoms with E-state index in [1.807, 2.05) is 31.2 Å². The zero-order valence-corrected chi connectivity index (χ0v) is 18.4. The number of nitrogens with one attached hydrogen (secondary N) is 1. The van der Waals surface area contributed by atoms with Gasteiger partial charge in [0.2, 0.25) is 5.91 Å². The molecule has 0 saturated heterocycles. The molecule has 3 aromatic carbocycles. The maximum absolute atomic E-state index is 13.3. The molecule has 3 rings (SSSR count). The molecule has 31 heavy (non-hydrogen) atoms. The summed E-state index contributed by atoms with van der Waals surface area (Å²) in [6.07, 6.45) is 0.575. The Morgan fingerprint density at radius 3 is 2.52 bits per heavy atom. The molecule has 0 spiro atoms. The highest BCUT2D eigenvalue weighted by atomic mass is 35.5. The van der Waals surface area contributed by atoms with Crippen molar-refractivity contribution in [3.8, 4) is 6.07 Å². The Balaban J connectivity index is 1.96. The molecule has 0 radical (unpaired) electrons. The van der Waals surface area contributed by atoms with Gasteiger partial charge >= 0.3 is 0 Å². The van der Waals surface area contributed by atoms with Gasteiger partial charge in [0.15, 0.2) is 0 Å². The lowest BCUT2D eigenvalue weighted by atomic mass is 9.91. The number of halogens is 2. The molecule has 3 N–H and O–H groups in total. The largest absolute Gasteiger partial charge is 0.370 e.